The number of esters is 1. The van der Waals surface area contributed by atoms with Crippen LogP contribution in [0, 0.1) is 0 Å². The number of hydrogen-bond acceptors (Lipinski definition) is 5. The summed E-state index contributed by atoms with van der Waals surface area (Å²) >= 11 is 0. The van der Waals surface area contributed by atoms with E-state index in [-0.39, 0.29) is 21.9 Å². The van der Waals surface area contributed by atoms with Gasteiger partial charge in [-0.25, -0.2) is 13.2 Å². The first-order valence-electron chi connectivity index (χ1n) is 7.34. The highest BCUT2D eigenvalue weighted by molar-refractivity contribution is 7.93. The van der Waals surface area contributed by atoms with Crippen molar-refractivity contribution in [3.8, 4) is 5.75 Å². The second-order valence-corrected chi connectivity index (χ2v) is 6.96. The molecule has 3 aromatic rings. The molecule has 0 radical (unpaired) electrons. The number of ether oxygens (including phenoxy) is 1. The Morgan fingerprint density at radius 3 is 2.48 bits per heavy atom. The fourth-order valence-corrected chi connectivity index (χ4v) is 3.80. The number of carbonyl (C=O) groups is 1. The zero-order valence-electron chi connectivity index (χ0n) is 13.3. The van der Waals surface area contributed by atoms with E-state index in [9.17, 15) is 18.3 Å². The highest BCUT2D eigenvalue weighted by Gasteiger charge is 2.19. The van der Waals surface area contributed by atoms with Crippen molar-refractivity contribution in [2.24, 2.45) is 0 Å². The fraction of sp³-hybridized carbons (Fsp3) is 0.0556. The Morgan fingerprint density at radius 1 is 1.04 bits per heavy atom. The van der Waals surface area contributed by atoms with Gasteiger partial charge in [-0.15, -0.1) is 0 Å². The van der Waals surface area contributed by atoms with E-state index in [1.807, 2.05) is 18.2 Å². The molecule has 128 valence electrons. The largest absolute Gasteiger partial charge is 0.507 e. The third kappa shape index (κ3) is 3.27. The lowest BCUT2D eigenvalue weighted by molar-refractivity contribution is 0.0597. The number of anilines is 1. The molecule has 6 nitrogen and oxygen atoms in total. The van der Waals surface area contributed by atoms with Gasteiger partial charge < -0.3 is 9.84 Å². The molecule has 0 saturated carbocycles. The molecule has 0 bridgehead atoms. The van der Waals surface area contributed by atoms with Gasteiger partial charge in [0, 0.05) is 11.5 Å². The van der Waals surface area contributed by atoms with Gasteiger partial charge in [-0.2, -0.15) is 0 Å². The third-order valence-electron chi connectivity index (χ3n) is 3.69. The lowest BCUT2D eigenvalue weighted by Gasteiger charge is -2.11. The summed E-state index contributed by atoms with van der Waals surface area (Å²) in [5.41, 5.74) is 0.0914. The zero-order valence-corrected chi connectivity index (χ0v) is 14.1. The highest BCUT2D eigenvalue weighted by atomic mass is 32.2. The van der Waals surface area contributed by atoms with Crippen LogP contribution in [0.15, 0.2) is 65.6 Å². The third-order valence-corrected chi connectivity index (χ3v) is 5.13. The van der Waals surface area contributed by atoms with Crippen LogP contribution in [0.25, 0.3) is 10.8 Å². The van der Waals surface area contributed by atoms with E-state index in [4.69, 9.17) is 0 Å². The summed E-state index contributed by atoms with van der Waals surface area (Å²) in [5.74, 6) is -1.08. The molecular formula is C18H15NO5S. The summed E-state index contributed by atoms with van der Waals surface area (Å²) in [6.07, 6.45) is 0. The Balaban J connectivity index is 1.99. The van der Waals surface area contributed by atoms with Crippen LogP contribution in [0.1, 0.15) is 10.4 Å². The number of methoxy groups -OCH3 is 1. The van der Waals surface area contributed by atoms with Crippen molar-refractivity contribution in [3.63, 3.8) is 0 Å². The van der Waals surface area contributed by atoms with Gasteiger partial charge in [0.25, 0.3) is 10.0 Å². The van der Waals surface area contributed by atoms with E-state index >= 15 is 0 Å². The average molecular weight is 357 g/mol. The molecular weight excluding hydrogens is 342 g/mol. The van der Waals surface area contributed by atoms with Crippen molar-refractivity contribution in [2.45, 2.75) is 4.90 Å². The number of aromatic hydroxyl groups is 1. The molecule has 0 saturated heterocycles. The fourth-order valence-electron chi connectivity index (χ4n) is 2.52. The Hall–Kier alpha value is -3.06. The summed E-state index contributed by atoms with van der Waals surface area (Å²) in [7, 11) is -2.68. The van der Waals surface area contributed by atoms with Gasteiger partial charge in [0.05, 0.1) is 17.7 Å². The maximum absolute atomic E-state index is 12.7. The van der Waals surface area contributed by atoms with Gasteiger partial charge in [0.15, 0.2) is 0 Å². The Labute approximate surface area is 144 Å². The number of benzene rings is 3. The number of fused-ring (bicyclic) bond motifs is 1. The van der Waals surface area contributed by atoms with Crippen molar-refractivity contribution >= 4 is 32.5 Å². The molecule has 0 atom stereocenters. The topological polar surface area (TPSA) is 92.7 Å². The van der Waals surface area contributed by atoms with Gasteiger partial charge in [0.2, 0.25) is 0 Å². The first kappa shape index (κ1) is 16.8. The lowest BCUT2D eigenvalue weighted by Crippen LogP contribution is -2.13. The lowest BCUT2D eigenvalue weighted by atomic mass is 10.1. The minimum Gasteiger partial charge on any atom is -0.507 e. The molecule has 25 heavy (non-hydrogen) atoms. The normalized spacial score (nSPS) is 11.2. The molecule has 0 aliphatic rings. The highest BCUT2D eigenvalue weighted by Crippen LogP contribution is 2.27. The van der Waals surface area contributed by atoms with Gasteiger partial charge in [-0.3, -0.25) is 4.72 Å². The molecule has 0 heterocycles. The second-order valence-electron chi connectivity index (χ2n) is 5.31. The summed E-state index contributed by atoms with van der Waals surface area (Å²) in [6, 6.07) is 16.0. The minimum atomic E-state index is -3.87. The molecule has 0 aromatic heterocycles. The maximum Gasteiger partial charge on any atom is 0.341 e. The van der Waals surface area contributed by atoms with Crippen molar-refractivity contribution in [1.29, 1.82) is 0 Å². The zero-order chi connectivity index (χ0) is 18.0. The average Bonchev–Trinajstić information content (AvgIpc) is 2.60. The molecule has 3 rings (SSSR count). The SMILES string of the molecule is COC(=O)c1ccc(NS(=O)(=O)c2cccc3ccccc23)cc1O. The number of rotatable bonds is 4. The van der Waals surface area contributed by atoms with Crippen LogP contribution in [0.4, 0.5) is 5.69 Å². The predicted octanol–water partition coefficient (Wildman–Crippen LogP) is 3.13. The summed E-state index contributed by atoms with van der Waals surface area (Å²) in [6.45, 7) is 0. The van der Waals surface area contributed by atoms with Crippen molar-refractivity contribution in [3.05, 3.63) is 66.2 Å². The van der Waals surface area contributed by atoms with Crippen LogP contribution in [-0.4, -0.2) is 26.6 Å². The number of sulfonamides is 1. The van der Waals surface area contributed by atoms with Gasteiger partial charge in [-0.1, -0.05) is 36.4 Å². The monoisotopic (exact) mass is 357 g/mol. The summed E-state index contributed by atoms with van der Waals surface area (Å²) in [5, 5.41) is 11.3. The number of hydrogen-bond donors (Lipinski definition) is 2. The molecule has 0 amide bonds. The van der Waals surface area contributed by atoms with E-state index in [0.29, 0.717) is 5.39 Å². The van der Waals surface area contributed by atoms with Crippen molar-refractivity contribution in [2.75, 3.05) is 11.8 Å². The van der Waals surface area contributed by atoms with Crippen LogP contribution < -0.4 is 4.72 Å². The van der Waals surface area contributed by atoms with Gasteiger partial charge in [0.1, 0.15) is 11.3 Å². The van der Waals surface area contributed by atoms with E-state index in [2.05, 4.69) is 9.46 Å². The smallest absolute Gasteiger partial charge is 0.341 e. The second kappa shape index (κ2) is 6.45. The number of nitrogens with one attached hydrogen (secondary N) is 1. The first-order valence-corrected chi connectivity index (χ1v) is 8.82. The molecule has 0 unspecified atom stereocenters. The van der Waals surface area contributed by atoms with Crippen LogP contribution in [-0.2, 0) is 14.8 Å². The van der Waals surface area contributed by atoms with E-state index in [0.717, 1.165) is 11.5 Å². The van der Waals surface area contributed by atoms with Crippen LogP contribution in [0.5, 0.6) is 5.75 Å². The molecule has 0 aliphatic carbocycles. The molecule has 2 N–H and O–H groups in total. The molecule has 0 spiro atoms. The molecule has 3 aromatic carbocycles. The van der Waals surface area contributed by atoms with Crippen molar-refractivity contribution in [1.82, 2.24) is 0 Å². The van der Waals surface area contributed by atoms with Crippen LogP contribution in [0.3, 0.4) is 0 Å². The molecule has 0 aliphatic heterocycles. The Bertz CT molecular complexity index is 1050. The summed E-state index contributed by atoms with van der Waals surface area (Å²) in [4.78, 5) is 11.6. The van der Waals surface area contributed by atoms with Gasteiger partial charge >= 0.3 is 5.97 Å². The van der Waals surface area contributed by atoms with E-state index < -0.39 is 16.0 Å². The van der Waals surface area contributed by atoms with Crippen molar-refractivity contribution < 1.29 is 23.1 Å². The minimum absolute atomic E-state index is 0.0457. The molecule has 0 fully saturated rings. The van der Waals surface area contributed by atoms with Gasteiger partial charge in [-0.05, 0) is 23.6 Å². The maximum atomic E-state index is 12.7. The number of phenolic OH excluding ortho intramolecular Hbond substituents is 1. The quantitative estimate of drug-likeness (QED) is 0.700. The predicted molar refractivity (Wildman–Crippen MR) is 94.2 cm³/mol. The summed E-state index contributed by atoms with van der Waals surface area (Å²) < 4.78 is 32.4. The standard InChI is InChI=1S/C18H15NO5S/c1-24-18(21)15-10-9-13(11-16(15)20)19-25(22,23)17-8-4-6-12-5-2-3-7-14(12)17/h2-11,19-20H,1H3. The molecule has 7 heteroatoms. The van der Waals surface area contributed by atoms with E-state index in [1.165, 1.54) is 25.3 Å². The number of phenols is 1. The van der Waals surface area contributed by atoms with E-state index in [1.54, 1.807) is 18.2 Å². The Kier molecular flexibility index (Phi) is 4.33. The van der Waals surface area contributed by atoms with Crippen LogP contribution >= 0.6 is 0 Å². The van der Waals surface area contributed by atoms with Crippen LogP contribution in [0.2, 0.25) is 0 Å². The number of carbonyl (C=O) groups excluding carboxylic acids is 1. The first-order chi connectivity index (χ1) is 11.9. The Morgan fingerprint density at radius 2 is 1.76 bits per heavy atom.